The number of benzene rings is 1. The quantitative estimate of drug-likeness (QED) is 0.924. The van der Waals surface area contributed by atoms with Crippen molar-refractivity contribution in [3.05, 3.63) is 24.3 Å². The van der Waals surface area contributed by atoms with Crippen LogP contribution in [0.15, 0.2) is 24.3 Å². The van der Waals surface area contributed by atoms with Crippen molar-refractivity contribution in [2.24, 2.45) is 5.41 Å². The van der Waals surface area contributed by atoms with Gasteiger partial charge in [0.1, 0.15) is 5.75 Å². The summed E-state index contributed by atoms with van der Waals surface area (Å²) in [4.78, 5) is 0. The van der Waals surface area contributed by atoms with Gasteiger partial charge < -0.3 is 4.74 Å². The van der Waals surface area contributed by atoms with E-state index in [1.54, 1.807) is 18.2 Å². The average molecular weight is 283 g/mol. The number of hydrogen-bond donors (Lipinski definition) is 1. The predicted molar refractivity (Wildman–Crippen MR) is 77.0 cm³/mol. The van der Waals surface area contributed by atoms with Crippen LogP contribution in [0.2, 0.25) is 0 Å². The molecule has 1 aliphatic carbocycles. The lowest BCUT2D eigenvalue weighted by atomic mass is 9.90. The Morgan fingerprint density at radius 2 is 1.79 bits per heavy atom. The highest BCUT2D eigenvalue weighted by molar-refractivity contribution is 7.94. The van der Waals surface area contributed by atoms with Crippen molar-refractivity contribution < 1.29 is 13.2 Å². The number of hydrogen-bond acceptors (Lipinski definition) is 3. The van der Waals surface area contributed by atoms with Gasteiger partial charge in [0.05, 0.1) is 17.5 Å². The summed E-state index contributed by atoms with van der Waals surface area (Å²) in [7, 11) is -1.89. The third kappa shape index (κ3) is 2.31. The van der Waals surface area contributed by atoms with Crippen molar-refractivity contribution >= 4 is 15.7 Å². The van der Waals surface area contributed by atoms with E-state index in [0.717, 1.165) is 0 Å². The van der Waals surface area contributed by atoms with Gasteiger partial charge in [-0.05, 0) is 30.4 Å². The maximum Gasteiger partial charge on any atom is 0.239 e. The van der Waals surface area contributed by atoms with Gasteiger partial charge in [0.25, 0.3) is 0 Å². The molecule has 0 amide bonds. The summed E-state index contributed by atoms with van der Waals surface area (Å²) in [5.41, 5.74) is 0.224. The molecule has 0 unspecified atom stereocenters. The highest BCUT2D eigenvalue weighted by Gasteiger charge is 2.62. The first-order chi connectivity index (χ1) is 8.73. The number of ether oxygens (including phenoxy) is 1. The summed E-state index contributed by atoms with van der Waals surface area (Å²) < 4.78 is 32.5. The van der Waals surface area contributed by atoms with E-state index in [9.17, 15) is 8.42 Å². The lowest BCUT2D eigenvalue weighted by Crippen LogP contribution is -2.40. The zero-order valence-corrected chi connectivity index (χ0v) is 12.7. The van der Waals surface area contributed by atoms with Gasteiger partial charge in [-0.1, -0.05) is 32.9 Å². The van der Waals surface area contributed by atoms with Crippen LogP contribution in [0.1, 0.15) is 33.6 Å². The number of methoxy groups -OCH3 is 1. The molecule has 0 aliphatic heterocycles. The standard InChI is InChI=1S/C14H21NO3S/c1-13(2,3)14(9-10-14)19(16,17)15-11-7-5-6-8-12(11)18-4/h5-8,15H,9-10H2,1-4H3. The van der Waals surface area contributed by atoms with Crippen molar-refractivity contribution in [3.8, 4) is 5.75 Å². The molecule has 19 heavy (non-hydrogen) atoms. The number of sulfonamides is 1. The first-order valence-electron chi connectivity index (χ1n) is 6.39. The fraction of sp³-hybridized carbons (Fsp3) is 0.571. The molecule has 1 fully saturated rings. The Labute approximate surface area is 115 Å². The number of nitrogens with one attached hydrogen (secondary N) is 1. The van der Waals surface area contributed by atoms with Crippen molar-refractivity contribution in [2.45, 2.75) is 38.4 Å². The third-order valence-electron chi connectivity index (χ3n) is 3.94. The normalized spacial score (nSPS) is 17.9. The molecule has 5 heteroatoms. The van der Waals surface area contributed by atoms with E-state index in [-0.39, 0.29) is 5.41 Å². The minimum Gasteiger partial charge on any atom is -0.495 e. The van der Waals surface area contributed by atoms with Crippen LogP contribution in [0.4, 0.5) is 5.69 Å². The molecule has 1 saturated carbocycles. The van der Waals surface area contributed by atoms with Crippen molar-refractivity contribution in [1.29, 1.82) is 0 Å². The van der Waals surface area contributed by atoms with Crippen LogP contribution in [0, 0.1) is 5.41 Å². The maximum atomic E-state index is 12.6. The fourth-order valence-electron chi connectivity index (χ4n) is 2.51. The molecule has 0 bridgehead atoms. The van der Waals surface area contributed by atoms with Crippen LogP contribution in [0.3, 0.4) is 0 Å². The molecule has 106 valence electrons. The van der Waals surface area contributed by atoms with Gasteiger partial charge in [-0.15, -0.1) is 0 Å². The molecular weight excluding hydrogens is 262 g/mol. The van der Waals surface area contributed by atoms with Gasteiger partial charge in [0.2, 0.25) is 10.0 Å². The monoisotopic (exact) mass is 283 g/mol. The van der Waals surface area contributed by atoms with E-state index in [4.69, 9.17) is 4.74 Å². The summed E-state index contributed by atoms with van der Waals surface area (Å²) in [6, 6.07) is 7.06. The molecule has 0 saturated heterocycles. The number of para-hydroxylation sites is 2. The summed E-state index contributed by atoms with van der Waals surface area (Å²) >= 11 is 0. The number of anilines is 1. The Morgan fingerprint density at radius 1 is 1.21 bits per heavy atom. The van der Waals surface area contributed by atoms with E-state index in [0.29, 0.717) is 24.3 Å². The summed E-state index contributed by atoms with van der Waals surface area (Å²) in [6.45, 7) is 5.92. The van der Waals surface area contributed by atoms with Crippen LogP contribution in [0.5, 0.6) is 5.75 Å². The SMILES string of the molecule is COc1ccccc1NS(=O)(=O)C1(C(C)(C)C)CC1. The minimum atomic E-state index is -3.42. The van der Waals surface area contributed by atoms with Crippen LogP contribution in [0.25, 0.3) is 0 Å². The van der Waals surface area contributed by atoms with Crippen molar-refractivity contribution in [3.63, 3.8) is 0 Å². The van der Waals surface area contributed by atoms with E-state index < -0.39 is 14.8 Å². The first kappa shape index (κ1) is 14.2. The van der Waals surface area contributed by atoms with Gasteiger partial charge in [-0.3, -0.25) is 4.72 Å². The molecule has 0 aromatic heterocycles. The second kappa shape index (κ2) is 4.40. The molecule has 0 spiro atoms. The Morgan fingerprint density at radius 3 is 2.26 bits per heavy atom. The van der Waals surface area contributed by atoms with Gasteiger partial charge in [0, 0.05) is 0 Å². The topological polar surface area (TPSA) is 55.4 Å². The molecule has 1 aliphatic rings. The molecule has 0 heterocycles. The zero-order chi connectivity index (χ0) is 14.3. The molecule has 1 aromatic carbocycles. The van der Waals surface area contributed by atoms with Gasteiger partial charge >= 0.3 is 0 Å². The van der Waals surface area contributed by atoms with Crippen molar-refractivity contribution in [1.82, 2.24) is 0 Å². The second-order valence-corrected chi connectivity index (χ2v) is 8.04. The lowest BCUT2D eigenvalue weighted by Gasteiger charge is -2.30. The molecule has 1 aromatic rings. The van der Waals surface area contributed by atoms with Crippen molar-refractivity contribution in [2.75, 3.05) is 11.8 Å². The Hall–Kier alpha value is -1.23. The van der Waals surface area contributed by atoms with E-state index >= 15 is 0 Å². The maximum absolute atomic E-state index is 12.6. The lowest BCUT2D eigenvalue weighted by molar-refractivity contribution is 0.363. The van der Waals surface area contributed by atoms with E-state index in [1.807, 2.05) is 26.8 Å². The Bertz CT molecular complexity index is 569. The molecule has 0 atom stereocenters. The largest absolute Gasteiger partial charge is 0.495 e. The third-order valence-corrected chi connectivity index (χ3v) is 6.47. The fourth-order valence-corrected chi connectivity index (χ4v) is 4.61. The van der Waals surface area contributed by atoms with Crippen LogP contribution >= 0.6 is 0 Å². The molecule has 0 radical (unpaired) electrons. The van der Waals surface area contributed by atoms with E-state index in [2.05, 4.69) is 4.72 Å². The summed E-state index contributed by atoms with van der Waals surface area (Å²) in [5.74, 6) is 0.538. The highest BCUT2D eigenvalue weighted by Crippen LogP contribution is 2.56. The molecule has 2 rings (SSSR count). The van der Waals surface area contributed by atoms with Gasteiger partial charge in [-0.2, -0.15) is 0 Å². The predicted octanol–water partition coefficient (Wildman–Crippen LogP) is 3.02. The smallest absolute Gasteiger partial charge is 0.239 e. The first-order valence-corrected chi connectivity index (χ1v) is 7.87. The average Bonchev–Trinajstić information content (AvgIpc) is 3.09. The molecule has 4 nitrogen and oxygen atoms in total. The zero-order valence-electron chi connectivity index (χ0n) is 11.9. The van der Waals surface area contributed by atoms with Crippen LogP contribution in [-0.4, -0.2) is 20.3 Å². The van der Waals surface area contributed by atoms with Crippen LogP contribution in [-0.2, 0) is 10.0 Å². The van der Waals surface area contributed by atoms with E-state index in [1.165, 1.54) is 7.11 Å². The minimum absolute atomic E-state index is 0.277. The van der Waals surface area contributed by atoms with Gasteiger partial charge in [0.15, 0.2) is 0 Å². The Kier molecular flexibility index (Phi) is 3.29. The summed E-state index contributed by atoms with van der Waals surface area (Å²) in [6.07, 6.45) is 1.42. The van der Waals surface area contributed by atoms with Gasteiger partial charge in [-0.25, -0.2) is 8.42 Å². The van der Waals surface area contributed by atoms with Crippen LogP contribution < -0.4 is 9.46 Å². The Balaban J connectivity index is 2.33. The second-order valence-electron chi connectivity index (χ2n) is 6.05. The number of rotatable bonds is 4. The molecule has 1 N–H and O–H groups in total. The highest BCUT2D eigenvalue weighted by atomic mass is 32.2. The summed E-state index contributed by atoms with van der Waals surface area (Å²) in [5, 5.41) is 0. The molecular formula is C14H21NO3S.